The number of aromatic nitrogens is 2. The molecule has 0 bridgehead atoms. The molecule has 0 radical (unpaired) electrons. The quantitative estimate of drug-likeness (QED) is 0.531. The number of fused-ring (bicyclic) bond motifs is 1. The van der Waals surface area contributed by atoms with Crippen LogP contribution in [-0.4, -0.2) is 40.5 Å². The highest BCUT2D eigenvalue weighted by atomic mass is 32.2. The minimum absolute atomic E-state index is 0.107. The number of thioether (sulfide) groups is 1. The summed E-state index contributed by atoms with van der Waals surface area (Å²) in [5, 5.41) is 2.51. The third-order valence-corrected chi connectivity index (χ3v) is 6.75. The average molecular weight is 413 g/mol. The van der Waals surface area contributed by atoms with Crippen LogP contribution in [0, 0.1) is 19.8 Å². The van der Waals surface area contributed by atoms with Crippen LogP contribution >= 0.6 is 23.1 Å². The van der Waals surface area contributed by atoms with E-state index in [0.717, 1.165) is 22.2 Å². The molecule has 0 aromatic carbocycles. The van der Waals surface area contributed by atoms with Gasteiger partial charge in [-0.05, 0) is 25.3 Å². The molecule has 3 amide bonds. The van der Waals surface area contributed by atoms with Crippen LogP contribution in [0.15, 0.2) is 9.95 Å². The van der Waals surface area contributed by atoms with Gasteiger partial charge in [0.2, 0.25) is 5.91 Å². The molecule has 2 heterocycles. The second-order valence-corrected chi connectivity index (χ2v) is 8.76. The first kappa shape index (κ1) is 21.4. The number of imide groups is 1. The summed E-state index contributed by atoms with van der Waals surface area (Å²) in [7, 11) is 1.56. The van der Waals surface area contributed by atoms with E-state index in [1.807, 2.05) is 27.7 Å². The Hall–Kier alpha value is -1.91. The van der Waals surface area contributed by atoms with E-state index in [4.69, 9.17) is 10.5 Å². The molecule has 0 aliphatic rings. The molecule has 2 rings (SSSR count). The van der Waals surface area contributed by atoms with E-state index in [9.17, 15) is 14.4 Å². The SMILES string of the molecule is COCCn1c(S[C@@H](C(=O)NC(N)=O)C(C)C)nc2sc(C)c(C)c2c1=O. The molecule has 2 aromatic rings. The number of carbonyl (C=O) groups excluding carboxylic acids is 2. The normalized spacial score (nSPS) is 12.5. The Labute approximate surface area is 165 Å². The van der Waals surface area contributed by atoms with Gasteiger partial charge in [-0.3, -0.25) is 19.5 Å². The van der Waals surface area contributed by atoms with E-state index in [1.165, 1.54) is 15.9 Å². The molecule has 8 nitrogen and oxygen atoms in total. The van der Waals surface area contributed by atoms with Gasteiger partial charge in [0, 0.05) is 12.0 Å². The van der Waals surface area contributed by atoms with Gasteiger partial charge >= 0.3 is 6.03 Å². The smallest absolute Gasteiger partial charge is 0.318 e. The molecule has 0 aliphatic carbocycles. The largest absolute Gasteiger partial charge is 0.383 e. The Morgan fingerprint density at radius 2 is 2.04 bits per heavy atom. The van der Waals surface area contributed by atoms with E-state index in [2.05, 4.69) is 10.3 Å². The maximum atomic E-state index is 13.1. The standard InChI is InChI=1S/C17H24N4O4S2/c1-8(2)12(13(22)19-16(18)24)27-17-20-14-11(9(3)10(4)26-14)15(23)21(17)6-7-25-5/h8,12H,6-7H2,1-5H3,(H3,18,19,22,24)/t12-/m1/s1. The molecule has 0 aliphatic heterocycles. The molecule has 0 fully saturated rings. The highest BCUT2D eigenvalue weighted by molar-refractivity contribution is 8.00. The monoisotopic (exact) mass is 412 g/mol. The maximum absolute atomic E-state index is 13.1. The summed E-state index contributed by atoms with van der Waals surface area (Å²) < 4.78 is 6.65. The summed E-state index contributed by atoms with van der Waals surface area (Å²) in [6.07, 6.45) is 0. The topological polar surface area (TPSA) is 116 Å². The Morgan fingerprint density at radius 1 is 1.37 bits per heavy atom. The number of aryl methyl sites for hydroxylation is 2. The summed E-state index contributed by atoms with van der Waals surface area (Å²) >= 11 is 2.60. The van der Waals surface area contributed by atoms with Crippen molar-refractivity contribution in [3.63, 3.8) is 0 Å². The average Bonchev–Trinajstić information content (AvgIpc) is 2.85. The van der Waals surface area contributed by atoms with Gasteiger partial charge in [0.15, 0.2) is 5.16 Å². The van der Waals surface area contributed by atoms with Crippen LogP contribution in [0.2, 0.25) is 0 Å². The number of nitrogens with one attached hydrogen (secondary N) is 1. The van der Waals surface area contributed by atoms with Crippen molar-refractivity contribution >= 4 is 45.3 Å². The third kappa shape index (κ3) is 4.69. The molecule has 0 saturated carbocycles. The number of hydrogen-bond donors (Lipinski definition) is 2. The van der Waals surface area contributed by atoms with Crippen molar-refractivity contribution in [1.82, 2.24) is 14.9 Å². The summed E-state index contributed by atoms with van der Waals surface area (Å²) in [5.74, 6) is -0.613. The van der Waals surface area contributed by atoms with Crippen molar-refractivity contribution < 1.29 is 14.3 Å². The molecule has 0 spiro atoms. The van der Waals surface area contributed by atoms with Crippen molar-refractivity contribution in [3.8, 4) is 0 Å². The predicted molar refractivity (Wildman–Crippen MR) is 107 cm³/mol. The number of thiophene rings is 1. The van der Waals surface area contributed by atoms with Gasteiger partial charge in [-0.15, -0.1) is 11.3 Å². The lowest BCUT2D eigenvalue weighted by molar-refractivity contribution is -0.120. The van der Waals surface area contributed by atoms with Crippen LogP contribution in [-0.2, 0) is 16.1 Å². The minimum Gasteiger partial charge on any atom is -0.383 e. The van der Waals surface area contributed by atoms with Gasteiger partial charge in [-0.1, -0.05) is 25.6 Å². The van der Waals surface area contributed by atoms with Crippen LogP contribution in [0.25, 0.3) is 10.2 Å². The maximum Gasteiger partial charge on any atom is 0.318 e. The van der Waals surface area contributed by atoms with E-state index >= 15 is 0 Å². The van der Waals surface area contributed by atoms with Crippen LogP contribution in [0.4, 0.5) is 4.79 Å². The number of rotatable bonds is 7. The number of urea groups is 1. The summed E-state index contributed by atoms with van der Waals surface area (Å²) in [5.41, 5.74) is 5.84. The zero-order valence-electron chi connectivity index (χ0n) is 16.0. The van der Waals surface area contributed by atoms with Crippen molar-refractivity contribution in [2.45, 2.75) is 44.6 Å². The number of nitrogens with zero attached hydrogens (tertiary/aromatic N) is 2. The molecular formula is C17H24N4O4S2. The van der Waals surface area contributed by atoms with Gasteiger partial charge in [-0.25, -0.2) is 9.78 Å². The van der Waals surface area contributed by atoms with Gasteiger partial charge in [0.05, 0.1) is 23.8 Å². The fraction of sp³-hybridized carbons (Fsp3) is 0.529. The van der Waals surface area contributed by atoms with Gasteiger partial charge in [-0.2, -0.15) is 0 Å². The van der Waals surface area contributed by atoms with Crippen molar-refractivity contribution in [2.75, 3.05) is 13.7 Å². The van der Waals surface area contributed by atoms with Crippen molar-refractivity contribution in [2.24, 2.45) is 11.7 Å². The summed E-state index contributed by atoms with van der Waals surface area (Å²) in [6.45, 7) is 8.22. The fourth-order valence-corrected chi connectivity index (χ4v) is 4.77. The van der Waals surface area contributed by atoms with E-state index in [1.54, 1.807) is 7.11 Å². The zero-order chi connectivity index (χ0) is 20.3. The highest BCUT2D eigenvalue weighted by Gasteiger charge is 2.27. The van der Waals surface area contributed by atoms with Gasteiger partial charge < -0.3 is 10.5 Å². The molecule has 0 unspecified atom stereocenters. The predicted octanol–water partition coefficient (Wildman–Crippen LogP) is 2.03. The molecule has 2 aromatic heterocycles. The van der Waals surface area contributed by atoms with Crippen LogP contribution < -0.4 is 16.6 Å². The number of carbonyl (C=O) groups is 2. The number of primary amides is 1. The molecule has 0 saturated heterocycles. The summed E-state index contributed by atoms with van der Waals surface area (Å²) in [6, 6.07) is -0.907. The molecule has 10 heteroatoms. The van der Waals surface area contributed by atoms with Crippen molar-refractivity contribution in [1.29, 1.82) is 0 Å². The zero-order valence-corrected chi connectivity index (χ0v) is 17.6. The van der Waals surface area contributed by atoms with Gasteiger partial charge in [0.1, 0.15) is 4.83 Å². The summed E-state index contributed by atoms with van der Waals surface area (Å²) in [4.78, 5) is 42.8. The number of amides is 3. The number of hydrogen-bond acceptors (Lipinski definition) is 7. The Morgan fingerprint density at radius 3 is 2.59 bits per heavy atom. The Balaban J connectivity index is 2.55. The fourth-order valence-electron chi connectivity index (χ4n) is 2.58. The number of methoxy groups -OCH3 is 1. The van der Waals surface area contributed by atoms with Crippen LogP contribution in [0.1, 0.15) is 24.3 Å². The Kier molecular flexibility index (Phi) is 7.01. The van der Waals surface area contributed by atoms with E-state index in [-0.39, 0.29) is 11.5 Å². The first-order chi connectivity index (χ1) is 12.7. The molecular weight excluding hydrogens is 388 g/mol. The molecule has 1 atom stereocenters. The minimum atomic E-state index is -0.907. The number of ether oxygens (including phenoxy) is 1. The van der Waals surface area contributed by atoms with Crippen LogP contribution in [0.5, 0.6) is 0 Å². The number of nitrogens with two attached hydrogens (primary N) is 1. The van der Waals surface area contributed by atoms with Gasteiger partial charge in [0.25, 0.3) is 5.56 Å². The van der Waals surface area contributed by atoms with E-state index in [0.29, 0.717) is 28.5 Å². The molecule has 3 N–H and O–H groups in total. The lowest BCUT2D eigenvalue weighted by Crippen LogP contribution is -2.42. The van der Waals surface area contributed by atoms with Crippen LogP contribution in [0.3, 0.4) is 0 Å². The highest BCUT2D eigenvalue weighted by Crippen LogP contribution is 2.31. The lowest BCUT2D eigenvalue weighted by atomic mass is 10.1. The molecule has 148 valence electrons. The van der Waals surface area contributed by atoms with Crippen molar-refractivity contribution in [3.05, 3.63) is 20.8 Å². The molecule has 27 heavy (non-hydrogen) atoms. The Bertz CT molecular complexity index is 920. The second kappa shape index (κ2) is 8.85. The first-order valence-corrected chi connectivity index (χ1v) is 10.1. The third-order valence-electron chi connectivity index (χ3n) is 4.12. The lowest BCUT2D eigenvalue weighted by Gasteiger charge is -2.20. The van der Waals surface area contributed by atoms with E-state index < -0.39 is 17.2 Å². The second-order valence-electron chi connectivity index (χ2n) is 6.44. The first-order valence-electron chi connectivity index (χ1n) is 8.43.